The molecule has 2 rings (SSSR count). The minimum Gasteiger partial charge on any atom is -0.481 e. The third-order valence-corrected chi connectivity index (χ3v) is 3.27. The van der Waals surface area contributed by atoms with Crippen LogP contribution in [-0.2, 0) is 10.0 Å². The molecule has 1 aromatic heterocycles. The molecule has 116 valence electrons. The number of para-hydroxylation sites is 2. The minimum atomic E-state index is -3.44. The fraction of sp³-hybridized carbons (Fsp3) is 0.143. The molecule has 8 heteroatoms. The molecule has 0 saturated heterocycles. The summed E-state index contributed by atoms with van der Waals surface area (Å²) in [6, 6.07) is 9.64. The van der Waals surface area contributed by atoms with Crippen molar-refractivity contribution < 1.29 is 17.9 Å². The summed E-state index contributed by atoms with van der Waals surface area (Å²) in [7, 11) is -1.96. The summed E-state index contributed by atoms with van der Waals surface area (Å²) >= 11 is 0. The predicted octanol–water partition coefficient (Wildman–Crippen LogP) is 1.71. The predicted molar refractivity (Wildman–Crippen MR) is 83.7 cm³/mol. The van der Waals surface area contributed by atoms with Crippen LogP contribution in [0.25, 0.3) is 0 Å². The SMILES string of the molecule is COc1ccc(C(=O)Nc2ccccc2NS(C)(=O)=O)cn1. The largest absolute Gasteiger partial charge is 0.481 e. The Hall–Kier alpha value is -2.61. The number of anilines is 2. The Kier molecular flexibility index (Phi) is 4.62. The van der Waals surface area contributed by atoms with Crippen LogP contribution in [0.2, 0.25) is 0 Å². The Bertz CT molecular complexity index is 773. The second kappa shape index (κ2) is 6.44. The molecule has 0 atom stereocenters. The first-order valence-corrected chi connectivity index (χ1v) is 8.16. The molecule has 0 fully saturated rings. The number of pyridine rings is 1. The first-order chi connectivity index (χ1) is 10.4. The number of sulfonamides is 1. The van der Waals surface area contributed by atoms with Gasteiger partial charge in [-0.1, -0.05) is 12.1 Å². The van der Waals surface area contributed by atoms with E-state index in [4.69, 9.17) is 4.74 Å². The summed E-state index contributed by atoms with van der Waals surface area (Å²) in [5, 5.41) is 2.64. The minimum absolute atomic E-state index is 0.292. The van der Waals surface area contributed by atoms with Crippen molar-refractivity contribution in [1.82, 2.24) is 4.98 Å². The number of aromatic nitrogens is 1. The van der Waals surface area contributed by atoms with Gasteiger partial charge in [-0.25, -0.2) is 13.4 Å². The van der Waals surface area contributed by atoms with Crippen molar-refractivity contribution in [1.29, 1.82) is 0 Å². The normalized spacial score (nSPS) is 10.8. The molecule has 2 N–H and O–H groups in total. The summed E-state index contributed by atoms with van der Waals surface area (Å²) in [6.07, 6.45) is 2.42. The van der Waals surface area contributed by atoms with Gasteiger partial charge in [0.1, 0.15) is 0 Å². The van der Waals surface area contributed by atoms with Crippen LogP contribution in [0.1, 0.15) is 10.4 Å². The van der Waals surface area contributed by atoms with Gasteiger partial charge in [-0.05, 0) is 18.2 Å². The van der Waals surface area contributed by atoms with Gasteiger partial charge >= 0.3 is 0 Å². The highest BCUT2D eigenvalue weighted by atomic mass is 32.2. The molecule has 0 saturated carbocycles. The molecule has 1 aromatic carbocycles. The Morgan fingerprint density at radius 1 is 1.14 bits per heavy atom. The summed E-state index contributed by atoms with van der Waals surface area (Å²) in [5.41, 5.74) is 0.975. The Labute approximate surface area is 128 Å². The van der Waals surface area contributed by atoms with Crippen LogP contribution in [-0.4, -0.2) is 32.7 Å². The number of carbonyl (C=O) groups excluding carboxylic acids is 1. The van der Waals surface area contributed by atoms with E-state index in [1.165, 1.54) is 13.3 Å². The van der Waals surface area contributed by atoms with Gasteiger partial charge < -0.3 is 10.1 Å². The maximum Gasteiger partial charge on any atom is 0.257 e. The average molecular weight is 321 g/mol. The van der Waals surface area contributed by atoms with Gasteiger partial charge in [0.2, 0.25) is 15.9 Å². The Morgan fingerprint density at radius 2 is 1.82 bits per heavy atom. The lowest BCUT2D eigenvalue weighted by Gasteiger charge is -2.11. The highest BCUT2D eigenvalue weighted by molar-refractivity contribution is 7.92. The molecule has 0 aliphatic heterocycles. The number of methoxy groups -OCH3 is 1. The highest BCUT2D eigenvalue weighted by Crippen LogP contribution is 2.22. The molecule has 2 aromatic rings. The van der Waals surface area contributed by atoms with E-state index in [1.54, 1.807) is 36.4 Å². The van der Waals surface area contributed by atoms with Gasteiger partial charge in [-0.15, -0.1) is 0 Å². The number of nitrogens with one attached hydrogen (secondary N) is 2. The molecule has 1 heterocycles. The van der Waals surface area contributed by atoms with E-state index < -0.39 is 15.9 Å². The smallest absolute Gasteiger partial charge is 0.257 e. The van der Waals surface area contributed by atoms with Crippen LogP contribution in [0.5, 0.6) is 5.88 Å². The number of ether oxygens (including phenoxy) is 1. The zero-order chi connectivity index (χ0) is 16.2. The molecule has 22 heavy (non-hydrogen) atoms. The maximum atomic E-state index is 12.2. The van der Waals surface area contributed by atoms with Crippen molar-refractivity contribution in [2.24, 2.45) is 0 Å². The molecule has 7 nitrogen and oxygen atoms in total. The Balaban J connectivity index is 2.21. The standard InChI is InChI=1S/C14H15N3O4S/c1-21-13-8-7-10(9-15-13)14(18)16-11-5-3-4-6-12(11)17-22(2,19)20/h3-9,17H,1-2H3,(H,16,18). The zero-order valence-electron chi connectivity index (χ0n) is 12.0. The molecule has 0 bridgehead atoms. The second-order valence-corrected chi connectivity index (χ2v) is 6.21. The number of hydrogen-bond acceptors (Lipinski definition) is 5. The van der Waals surface area contributed by atoms with Gasteiger partial charge in [-0.3, -0.25) is 9.52 Å². The van der Waals surface area contributed by atoms with Crippen LogP contribution in [0, 0.1) is 0 Å². The summed E-state index contributed by atoms with van der Waals surface area (Å²) in [6.45, 7) is 0. The average Bonchev–Trinajstić information content (AvgIpc) is 2.48. The van der Waals surface area contributed by atoms with Crippen LogP contribution in [0.15, 0.2) is 42.6 Å². The van der Waals surface area contributed by atoms with Crippen LogP contribution < -0.4 is 14.8 Å². The zero-order valence-corrected chi connectivity index (χ0v) is 12.8. The van der Waals surface area contributed by atoms with E-state index in [2.05, 4.69) is 15.0 Å². The lowest BCUT2D eigenvalue weighted by Crippen LogP contribution is -2.16. The van der Waals surface area contributed by atoms with E-state index in [9.17, 15) is 13.2 Å². The first-order valence-electron chi connectivity index (χ1n) is 6.27. The van der Waals surface area contributed by atoms with E-state index >= 15 is 0 Å². The van der Waals surface area contributed by atoms with Gasteiger partial charge in [0.25, 0.3) is 5.91 Å². The van der Waals surface area contributed by atoms with E-state index in [0.717, 1.165) is 6.26 Å². The van der Waals surface area contributed by atoms with Gasteiger partial charge in [0.05, 0.1) is 30.3 Å². The topological polar surface area (TPSA) is 97.4 Å². The Morgan fingerprint density at radius 3 is 2.36 bits per heavy atom. The highest BCUT2D eigenvalue weighted by Gasteiger charge is 2.11. The van der Waals surface area contributed by atoms with Crippen molar-refractivity contribution >= 4 is 27.3 Å². The van der Waals surface area contributed by atoms with Crippen LogP contribution in [0.3, 0.4) is 0 Å². The maximum absolute atomic E-state index is 12.2. The van der Waals surface area contributed by atoms with Crippen molar-refractivity contribution in [3.63, 3.8) is 0 Å². The lowest BCUT2D eigenvalue weighted by atomic mass is 10.2. The molecule has 0 aliphatic rings. The van der Waals surface area contributed by atoms with Crippen LogP contribution >= 0.6 is 0 Å². The molecule has 0 spiro atoms. The third kappa shape index (κ3) is 4.19. The number of nitrogens with zero attached hydrogens (tertiary/aromatic N) is 1. The van der Waals surface area contributed by atoms with Crippen molar-refractivity contribution in [3.8, 4) is 5.88 Å². The third-order valence-electron chi connectivity index (χ3n) is 2.68. The van der Waals surface area contributed by atoms with E-state index in [-0.39, 0.29) is 0 Å². The number of benzene rings is 1. The van der Waals surface area contributed by atoms with Gasteiger partial charge in [0.15, 0.2) is 0 Å². The quantitative estimate of drug-likeness (QED) is 0.874. The van der Waals surface area contributed by atoms with Crippen molar-refractivity contribution in [2.45, 2.75) is 0 Å². The number of hydrogen-bond donors (Lipinski definition) is 2. The first kappa shape index (κ1) is 15.8. The summed E-state index contributed by atoms with van der Waals surface area (Å²) in [4.78, 5) is 16.1. The fourth-order valence-corrected chi connectivity index (χ4v) is 2.29. The molecule has 0 unspecified atom stereocenters. The van der Waals surface area contributed by atoms with E-state index in [0.29, 0.717) is 22.8 Å². The molecule has 0 radical (unpaired) electrons. The fourth-order valence-electron chi connectivity index (χ4n) is 1.71. The molecule has 0 aliphatic carbocycles. The number of amides is 1. The number of rotatable bonds is 5. The lowest BCUT2D eigenvalue weighted by molar-refractivity contribution is 0.102. The van der Waals surface area contributed by atoms with Gasteiger partial charge in [0, 0.05) is 12.3 Å². The van der Waals surface area contributed by atoms with Crippen LogP contribution in [0.4, 0.5) is 11.4 Å². The monoisotopic (exact) mass is 321 g/mol. The molecular formula is C14H15N3O4S. The molecular weight excluding hydrogens is 306 g/mol. The summed E-state index contributed by atoms with van der Waals surface area (Å²) < 4.78 is 29.9. The van der Waals surface area contributed by atoms with Crippen molar-refractivity contribution in [2.75, 3.05) is 23.4 Å². The summed E-state index contributed by atoms with van der Waals surface area (Å²) in [5.74, 6) is -0.00593. The molecule has 1 amide bonds. The van der Waals surface area contributed by atoms with Crippen molar-refractivity contribution in [3.05, 3.63) is 48.2 Å². The number of carbonyl (C=O) groups is 1. The van der Waals surface area contributed by atoms with Gasteiger partial charge in [-0.2, -0.15) is 0 Å². The second-order valence-electron chi connectivity index (χ2n) is 4.46. The van der Waals surface area contributed by atoms with E-state index in [1.807, 2.05) is 0 Å².